The SMILES string of the molecule is O=C1C(=O)N(CCc2ccc(F)cc2)C(c2ccccc2)/C1=C(/O)c1ccc2c(c1)OCO2. The Morgan fingerprint density at radius 1 is 0.970 bits per heavy atom. The monoisotopic (exact) mass is 445 g/mol. The number of likely N-dealkylation sites (tertiary alicyclic amines) is 1. The average Bonchev–Trinajstić information content (AvgIpc) is 3.41. The van der Waals surface area contributed by atoms with E-state index in [1.165, 1.54) is 17.0 Å². The topological polar surface area (TPSA) is 76.1 Å². The molecule has 2 aliphatic rings. The fourth-order valence-electron chi connectivity index (χ4n) is 4.19. The van der Waals surface area contributed by atoms with E-state index in [2.05, 4.69) is 0 Å². The number of fused-ring (bicyclic) bond motifs is 1. The lowest BCUT2D eigenvalue weighted by molar-refractivity contribution is -0.139. The number of aliphatic hydroxyl groups is 1. The Labute approximate surface area is 189 Å². The van der Waals surface area contributed by atoms with E-state index in [1.54, 1.807) is 30.3 Å². The van der Waals surface area contributed by atoms with Crippen LogP contribution in [0.4, 0.5) is 4.39 Å². The van der Waals surface area contributed by atoms with Crippen molar-refractivity contribution in [1.29, 1.82) is 0 Å². The van der Waals surface area contributed by atoms with Crippen molar-refractivity contribution in [3.05, 3.63) is 101 Å². The highest BCUT2D eigenvalue weighted by Gasteiger charge is 2.45. The van der Waals surface area contributed by atoms with Gasteiger partial charge in [-0.3, -0.25) is 9.59 Å². The molecule has 1 atom stereocenters. The minimum Gasteiger partial charge on any atom is -0.507 e. The summed E-state index contributed by atoms with van der Waals surface area (Å²) in [5, 5.41) is 11.1. The molecule has 6 nitrogen and oxygen atoms in total. The third-order valence-corrected chi connectivity index (χ3v) is 5.86. The number of hydrogen-bond acceptors (Lipinski definition) is 5. The average molecular weight is 445 g/mol. The van der Waals surface area contributed by atoms with E-state index in [9.17, 15) is 19.1 Å². The Balaban J connectivity index is 1.54. The molecule has 0 aromatic heterocycles. The van der Waals surface area contributed by atoms with Crippen LogP contribution < -0.4 is 9.47 Å². The quantitative estimate of drug-likeness (QED) is 0.362. The second-order valence-corrected chi connectivity index (χ2v) is 7.85. The maximum Gasteiger partial charge on any atom is 0.295 e. The van der Waals surface area contributed by atoms with Crippen molar-refractivity contribution in [2.45, 2.75) is 12.5 Å². The summed E-state index contributed by atoms with van der Waals surface area (Å²) in [4.78, 5) is 27.6. The zero-order chi connectivity index (χ0) is 22.9. The summed E-state index contributed by atoms with van der Waals surface area (Å²) in [7, 11) is 0. The summed E-state index contributed by atoms with van der Waals surface area (Å²) in [5.74, 6) is -1.05. The predicted octanol–water partition coefficient (Wildman–Crippen LogP) is 4.22. The second kappa shape index (κ2) is 8.43. The van der Waals surface area contributed by atoms with Crippen LogP contribution in [0.3, 0.4) is 0 Å². The molecule has 1 unspecified atom stereocenters. The van der Waals surface area contributed by atoms with Crippen molar-refractivity contribution in [3.8, 4) is 11.5 Å². The van der Waals surface area contributed by atoms with Gasteiger partial charge in [-0.2, -0.15) is 0 Å². The number of halogens is 1. The number of carbonyl (C=O) groups is 2. The van der Waals surface area contributed by atoms with Gasteiger partial charge in [0.15, 0.2) is 11.5 Å². The highest BCUT2D eigenvalue weighted by atomic mass is 19.1. The van der Waals surface area contributed by atoms with Crippen LogP contribution in [0.1, 0.15) is 22.7 Å². The molecule has 5 rings (SSSR count). The van der Waals surface area contributed by atoms with Gasteiger partial charge in [0, 0.05) is 12.1 Å². The first-order valence-electron chi connectivity index (χ1n) is 10.5. The van der Waals surface area contributed by atoms with Gasteiger partial charge in [0.25, 0.3) is 11.7 Å². The number of rotatable bonds is 5. The fourth-order valence-corrected chi connectivity index (χ4v) is 4.19. The summed E-state index contributed by atoms with van der Waals surface area (Å²) in [6.07, 6.45) is 0.431. The van der Waals surface area contributed by atoms with Crippen LogP contribution in [-0.2, 0) is 16.0 Å². The maximum absolute atomic E-state index is 13.2. The van der Waals surface area contributed by atoms with Crippen molar-refractivity contribution < 1.29 is 28.6 Å². The first-order chi connectivity index (χ1) is 16.0. The third-order valence-electron chi connectivity index (χ3n) is 5.86. The summed E-state index contributed by atoms with van der Waals surface area (Å²) in [6.45, 7) is 0.311. The number of hydrogen-bond donors (Lipinski definition) is 1. The fraction of sp³-hybridized carbons (Fsp3) is 0.154. The minimum atomic E-state index is -0.753. The molecule has 3 aromatic carbocycles. The van der Waals surface area contributed by atoms with Crippen molar-refractivity contribution in [1.82, 2.24) is 4.90 Å². The molecule has 2 heterocycles. The van der Waals surface area contributed by atoms with Gasteiger partial charge in [0.1, 0.15) is 11.6 Å². The molecule has 1 N–H and O–H groups in total. The van der Waals surface area contributed by atoms with Crippen LogP contribution in [0.2, 0.25) is 0 Å². The lowest BCUT2D eigenvalue weighted by atomic mass is 9.95. The third kappa shape index (κ3) is 3.82. The summed E-state index contributed by atoms with van der Waals surface area (Å²) in [5.41, 5.74) is 1.92. The van der Waals surface area contributed by atoms with Gasteiger partial charge >= 0.3 is 0 Å². The van der Waals surface area contributed by atoms with Gasteiger partial charge in [-0.15, -0.1) is 0 Å². The second-order valence-electron chi connectivity index (χ2n) is 7.85. The molecule has 7 heteroatoms. The van der Waals surface area contributed by atoms with Crippen LogP contribution in [-0.4, -0.2) is 35.0 Å². The number of ketones is 1. The smallest absolute Gasteiger partial charge is 0.295 e. The molecule has 1 fully saturated rings. The van der Waals surface area contributed by atoms with E-state index >= 15 is 0 Å². The van der Waals surface area contributed by atoms with E-state index in [4.69, 9.17) is 9.47 Å². The van der Waals surface area contributed by atoms with E-state index < -0.39 is 17.7 Å². The number of amides is 1. The van der Waals surface area contributed by atoms with Crippen molar-refractivity contribution in [2.75, 3.05) is 13.3 Å². The number of nitrogens with zero attached hydrogens (tertiary/aromatic N) is 1. The largest absolute Gasteiger partial charge is 0.507 e. The highest BCUT2D eigenvalue weighted by Crippen LogP contribution is 2.41. The van der Waals surface area contributed by atoms with E-state index in [0.717, 1.165) is 5.56 Å². The van der Waals surface area contributed by atoms with Crippen molar-refractivity contribution in [3.63, 3.8) is 0 Å². The molecule has 0 spiro atoms. The Kier molecular flexibility index (Phi) is 5.30. The molecule has 33 heavy (non-hydrogen) atoms. The van der Waals surface area contributed by atoms with E-state index in [1.807, 2.05) is 30.3 Å². The summed E-state index contributed by atoms with van der Waals surface area (Å²) >= 11 is 0. The zero-order valence-corrected chi connectivity index (χ0v) is 17.5. The lowest BCUT2D eigenvalue weighted by Crippen LogP contribution is -2.31. The lowest BCUT2D eigenvalue weighted by Gasteiger charge is -2.25. The predicted molar refractivity (Wildman–Crippen MR) is 118 cm³/mol. The molecule has 1 saturated heterocycles. The van der Waals surface area contributed by atoms with Crippen molar-refractivity contribution >= 4 is 17.4 Å². The number of ether oxygens (including phenoxy) is 2. The molecule has 0 radical (unpaired) electrons. The maximum atomic E-state index is 13.2. The van der Waals surface area contributed by atoms with Gasteiger partial charge in [-0.25, -0.2) is 4.39 Å². The molecule has 0 saturated carbocycles. The minimum absolute atomic E-state index is 0.0178. The van der Waals surface area contributed by atoms with Crippen LogP contribution in [0.25, 0.3) is 5.76 Å². The van der Waals surface area contributed by atoms with Crippen LogP contribution in [0.5, 0.6) is 11.5 Å². The van der Waals surface area contributed by atoms with E-state index in [-0.39, 0.29) is 30.5 Å². The summed E-state index contributed by atoms with van der Waals surface area (Å²) < 4.78 is 23.9. The van der Waals surface area contributed by atoms with Gasteiger partial charge in [0.05, 0.1) is 11.6 Å². The molecular formula is C26H20FNO5. The standard InChI is InChI=1S/C26H20FNO5/c27-19-9-6-16(7-10-19)12-13-28-23(17-4-2-1-3-5-17)22(25(30)26(28)31)24(29)18-8-11-20-21(14-18)33-15-32-20/h1-11,14,23,29H,12-13,15H2/b24-22-. The number of benzene rings is 3. The normalized spacial score (nSPS) is 18.7. The van der Waals surface area contributed by atoms with Crippen LogP contribution in [0, 0.1) is 5.82 Å². The van der Waals surface area contributed by atoms with Gasteiger partial charge in [-0.05, 0) is 47.9 Å². The Morgan fingerprint density at radius 3 is 2.45 bits per heavy atom. The van der Waals surface area contributed by atoms with Gasteiger partial charge in [0.2, 0.25) is 6.79 Å². The number of Topliss-reactive ketones (excluding diaryl/α,β-unsaturated/α-hetero) is 1. The molecule has 3 aromatic rings. The molecule has 166 valence electrons. The van der Waals surface area contributed by atoms with E-state index in [0.29, 0.717) is 29.0 Å². The molecule has 2 aliphatic heterocycles. The van der Waals surface area contributed by atoms with Crippen LogP contribution >= 0.6 is 0 Å². The van der Waals surface area contributed by atoms with Crippen molar-refractivity contribution in [2.24, 2.45) is 0 Å². The number of aliphatic hydroxyl groups excluding tert-OH is 1. The Morgan fingerprint density at radius 2 is 1.70 bits per heavy atom. The Bertz CT molecular complexity index is 1250. The van der Waals surface area contributed by atoms with Gasteiger partial charge < -0.3 is 19.5 Å². The Hall–Kier alpha value is -4.13. The number of carbonyl (C=O) groups excluding carboxylic acids is 2. The first kappa shape index (κ1) is 20.8. The molecular weight excluding hydrogens is 425 g/mol. The zero-order valence-electron chi connectivity index (χ0n) is 17.5. The van der Waals surface area contributed by atoms with Crippen LogP contribution in [0.15, 0.2) is 78.4 Å². The molecule has 0 bridgehead atoms. The highest BCUT2D eigenvalue weighted by molar-refractivity contribution is 6.46. The molecule has 1 amide bonds. The summed E-state index contributed by atoms with van der Waals surface area (Å²) in [6, 6.07) is 19.2. The molecule has 0 aliphatic carbocycles. The first-order valence-corrected chi connectivity index (χ1v) is 10.5. The van der Waals surface area contributed by atoms with Gasteiger partial charge in [-0.1, -0.05) is 42.5 Å².